The Labute approximate surface area is 134 Å². The van der Waals surface area contributed by atoms with Gasteiger partial charge in [0, 0.05) is 30.3 Å². The van der Waals surface area contributed by atoms with E-state index >= 15 is 0 Å². The lowest BCUT2D eigenvalue weighted by atomic mass is 10.2. The summed E-state index contributed by atoms with van der Waals surface area (Å²) in [5.41, 5.74) is 1.46. The van der Waals surface area contributed by atoms with Crippen molar-refractivity contribution in [3.63, 3.8) is 0 Å². The van der Waals surface area contributed by atoms with E-state index in [1.165, 1.54) is 0 Å². The molecule has 2 aromatic rings. The van der Waals surface area contributed by atoms with E-state index in [-0.39, 0.29) is 12.5 Å². The first-order chi connectivity index (χ1) is 11.3. The molecule has 0 bridgehead atoms. The highest BCUT2D eigenvalue weighted by atomic mass is 16.5. The smallest absolute Gasteiger partial charge is 0.251 e. The van der Waals surface area contributed by atoms with Gasteiger partial charge in [-0.2, -0.15) is 4.98 Å². The van der Waals surface area contributed by atoms with Gasteiger partial charge < -0.3 is 20.3 Å². The Morgan fingerprint density at radius 2 is 2.09 bits per heavy atom. The number of hydrogen-bond donors (Lipinski definition) is 3. The van der Waals surface area contributed by atoms with Crippen molar-refractivity contribution in [2.45, 2.75) is 31.7 Å². The zero-order valence-corrected chi connectivity index (χ0v) is 12.8. The third-order valence-electron chi connectivity index (χ3n) is 3.64. The normalized spacial score (nSPS) is 13.8. The number of rotatable bonds is 8. The molecule has 1 aromatic heterocycles. The minimum Gasteiger partial charge on any atom is -0.396 e. The standard InChI is InChI=1S/C16H20N4O3/c21-9-1-8-17-16(22)12-4-6-13(7-5-12)18-10-14-19-15(20-23-14)11-2-3-11/h4-7,11,18,21H,1-3,8-10H2,(H,17,22). The van der Waals surface area contributed by atoms with Crippen LogP contribution in [0.15, 0.2) is 28.8 Å². The van der Waals surface area contributed by atoms with Gasteiger partial charge in [0.2, 0.25) is 5.89 Å². The summed E-state index contributed by atoms with van der Waals surface area (Å²) in [5, 5.41) is 18.6. The van der Waals surface area contributed by atoms with E-state index in [4.69, 9.17) is 9.63 Å². The predicted molar refractivity (Wildman–Crippen MR) is 84.1 cm³/mol. The molecule has 0 atom stereocenters. The minimum atomic E-state index is -0.143. The zero-order chi connectivity index (χ0) is 16.1. The number of aliphatic hydroxyl groups is 1. The maximum atomic E-state index is 11.8. The van der Waals surface area contributed by atoms with E-state index in [1.54, 1.807) is 12.1 Å². The van der Waals surface area contributed by atoms with Gasteiger partial charge in [-0.25, -0.2) is 0 Å². The molecule has 1 amide bonds. The van der Waals surface area contributed by atoms with Crippen LogP contribution in [-0.2, 0) is 6.54 Å². The zero-order valence-electron chi connectivity index (χ0n) is 12.8. The Morgan fingerprint density at radius 3 is 2.78 bits per heavy atom. The molecule has 0 unspecified atom stereocenters. The van der Waals surface area contributed by atoms with Crippen LogP contribution < -0.4 is 10.6 Å². The molecule has 0 aliphatic heterocycles. The lowest BCUT2D eigenvalue weighted by Crippen LogP contribution is -2.24. The number of nitrogens with one attached hydrogen (secondary N) is 2. The highest BCUT2D eigenvalue weighted by Gasteiger charge is 2.28. The number of anilines is 1. The van der Waals surface area contributed by atoms with Crippen LogP contribution in [0.3, 0.4) is 0 Å². The van der Waals surface area contributed by atoms with E-state index < -0.39 is 0 Å². The van der Waals surface area contributed by atoms with E-state index in [1.807, 2.05) is 12.1 Å². The average molecular weight is 316 g/mol. The predicted octanol–water partition coefficient (Wildman–Crippen LogP) is 1.67. The summed E-state index contributed by atoms with van der Waals surface area (Å²) in [5.74, 6) is 1.71. The van der Waals surface area contributed by atoms with E-state index in [0.717, 1.165) is 24.4 Å². The molecule has 3 rings (SSSR count). The van der Waals surface area contributed by atoms with Gasteiger partial charge in [-0.3, -0.25) is 4.79 Å². The van der Waals surface area contributed by atoms with Gasteiger partial charge in [0.1, 0.15) is 0 Å². The Hall–Kier alpha value is -2.41. The molecule has 0 radical (unpaired) electrons. The molecule has 1 saturated carbocycles. The summed E-state index contributed by atoms with van der Waals surface area (Å²) in [6, 6.07) is 7.17. The number of carbonyl (C=O) groups is 1. The Morgan fingerprint density at radius 1 is 1.30 bits per heavy atom. The van der Waals surface area contributed by atoms with Crippen molar-refractivity contribution >= 4 is 11.6 Å². The summed E-state index contributed by atoms with van der Waals surface area (Å²) in [4.78, 5) is 16.2. The topological polar surface area (TPSA) is 100 Å². The number of nitrogens with zero attached hydrogens (tertiary/aromatic N) is 2. The molecule has 3 N–H and O–H groups in total. The Kier molecular flexibility index (Phi) is 4.87. The quantitative estimate of drug-likeness (QED) is 0.641. The number of benzene rings is 1. The van der Waals surface area contributed by atoms with Crippen LogP contribution in [0.1, 0.15) is 47.3 Å². The molecule has 1 fully saturated rings. The molecule has 1 aliphatic carbocycles. The van der Waals surface area contributed by atoms with Gasteiger partial charge in [0.05, 0.1) is 6.54 Å². The van der Waals surface area contributed by atoms with Gasteiger partial charge in [0.15, 0.2) is 5.82 Å². The van der Waals surface area contributed by atoms with Crippen molar-refractivity contribution < 1.29 is 14.4 Å². The second kappa shape index (κ2) is 7.23. The number of aliphatic hydroxyl groups excluding tert-OH is 1. The number of carbonyl (C=O) groups excluding carboxylic acids is 1. The van der Waals surface area contributed by atoms with Crippen molar-refractivity contribution in [3.8, 4) is 0 Å². The minimum absolute atomic E-state index is 0.0707. The van der Waals surface area contributed by atoms with Crippen molar-refractivity contribution in [1.29, 1.82) is 0 Å². The van der Waals surface area contributed by atoms with E-state index in [2.05, 4.69) is 20.8 Å². The van der Waals surface area contributed by atoms with Crippen molar-refractivity contribution in [2.24, 2.45) is 0 Å². The largest absolute Gasteiger partial charge is 0.396 e. The summed E-state index contributed by atoms with van der Waals surface area (Å²) >= 11 is 0. The van der Waals surface area contributed by atoms with Crippen LogP contribution in [0.5, 0.6) is 0 Å². The molecule has 122 valence electrons. The van der Waals surface area contributed by atoms with Crippen LogP contribution in [0.2, 0.25) is 0 Å². The van der Waals surface area contributed by atoms with Crippen LogP contribution >= 0.6 is 0 Å². The van der Waals surface area contributed by atoms with Gasteiger partial charge in [-0.15, -0.1) is 0 Å². The molecule has 1 aliphatic rings. The second-order valence-corrected chi connectivity index (χ2v) is 5.58. The maximum absolute atomic E-state index is 11.8. The molecule has 0 spiro atoms. The molecule has 1 heterocycles. The van der Waals surface area contributed by atoms with Crippen LogP contribution in [0, 0.1) is 0 Å². The van der Waals surface area contributed by atoms with Crippen molar-refractivity contribution in [2.75, 3.05) is 18.5 Å². The molecular weight excluding hydrogens is 296 g/mol. The van der Waals surface area contributed by atoms with Crippen molar-refractivity contribution in [3.05, 3.63) is 41.5 Å². The van der Waals surface area contributed by atoms with Crippen LogP contribution in [0.25, 0.3) is 0 Å². The fraction of sp³-hybridized carbons (Fsp3) is 0.438. The van der Waals surface area contributed by atoms with Gasteiger partial charge in [-0.05, 0) is 43.5 Å². The monoisotopic (exact) mass is 316 g/mol. The first kappa shape index (κ1) is 15.5. The number of aromatic nitrogens is 2. The second-order valence-electron chi connectivity index (χ2n) is 5.58. The fourth-order valence-corrected chi connectivity index (χ4v) is 2.15. The molecule has 7 nitrogen and oxygen atoms in total. The first-order valence-corrected chi connectivity index (χ1v) is 7.82. The third kappa shape index (κ3) is 4.29. The highest BCUT2D eigenvalue weighted by molar-refractivity contribution is 5.94. The maximum Gasteiger partial charge on any atom is 0.251 e. The highest BCUT2D eigenvalue weighted by Crippen LogP contribution is 2.38. The van der Waals surface area contributed by atoms with Gasteiger partial charge in [0.25, 0.3) is 5.91 Å². The van der Waals surface area contributed by atoms with Crippen LogP contribution in [0.4, 0.5) is 5.69 Å². The average Bonchev–Trinajstić information content (AvgIpc) is 3.32. The van der Waals surface area contributed by atoms with Crippen LogP contribution in [-0.4, -0.2) is 34.3 Å². The van der Waals surface area contributed by atoms with E-state index in [0.29, 0.717) is 36.9 Å². The lowest BCUT2D eigenvalue weighted by Gasteiger charge is -2.06. The molecule has 7 heteroatoms. The van der Waals surface area contributed by atoms with E-state index in [9.17, 15) is 4.79 Å². The number of amides is 1. The van der Waals surface area contributed by atoms with Gasteiger partial charge in [-0.1, -0.05) is 5.16 Å². The molecule has 0 saturated heterocycles. The fourth-order valence-electron chi connectivity index (χ4n) is 2.15. The Bertz CT molecular complexity index is 650. The third-order valence-corrected chi connectivity index (χ3v) is 3.64. The Balaban J connectivity index is 1.49. The number of hydrogen-bond acceptors (Lipinski definition) is 6. The molecule has 1 aromatic carbocycles. The molecule has 23 heavy (non-hydrogen) atoms. The summed E-state index contributed by atoms with van der Waals surface area (Å²) in [6.07, 6.45) is 2.85. The van der Waals surface area contributed by atoms with Gasteiger partial charge >= 0.3 is 0 Å². The molecular formula is C16H20N4O3. The first-order valence-electron chi connectivity index (χ1n) is 7.82. The summed E-state index contributed by atoms with van der Waals surface area (Å²) in [6.45, 7) is 0.999. The lowest BCUT2D eigenvalue weighted by molar-refractivity contribution is 0.0951. The summed E-state index contributed by atoms with van der Waals surface area (Å²) in [7, 11) is 0. The van der Waals surface area contributed by atoms with Crippen molar-refractivity contribution in [1.82, 2.24) is 15.5 Å². The SMILES string of the molecule is O=C(NCCCO)c1ccc(NCc2nc(C3CC3)no2)cc1. The summed E-state index contributed by atoms with van der Waals surface area (Å²) < 4.78 is 5.20.